The molecule has 1 aromatic heterocycles. The van der Waals surface area contributed by atoms with Crippen molar-refractivity contribution in [1.29, 1.82) is 0 Å². The monoisotopic (exact) mass is 327 g/mol. The molecule has 2 aromatic rings. The van der Waals surface area contributed by atoms with E-state index >= 15 is 0 Å². The van der Waals surface area contributed by atoms with Crippen LogP contribution in [-0.4, -0.2) is 16.2 Å². The number of nitrogens with zero attached hydrogens (tertiary/aromatic N) is 2. The molecule has 0 saturated heterocycles. The van der Waals surface area contributed by atoms with Crippen molar-refractivity contribution >= 4 is 24.0 Å². The van der Waals surface area contributed by atoms with Gasteiger partial charge in [-0.15, -0.1) is 12.4 Å². The summed E-state index contributed by atoms with van der Waals surface area (Å²) in [5.41, 5.74) is 6.96. The number of hydrogen-bond acceptors (Lipinski definition) is 4. The van der Waals surface area contributed by atoms with Crippen LogP contribution in [0, 0.1) is 5.92 Å². The highest BCUT2D eigenvalue weighted by atomic mass is 35.5. The van der Waals surface area contributed by atoms with Crippen molar-refractivity contribution in [2.45, 2.75) is 38.1 Å². The van der Waals surface area contributed by atoms with Crippen LogP contribution in [0.2, 0.25) is 5.02 Å². The van der Waals surface area contributed by atoms with Crippen LogP contribution in [0.15, 0.2) is 28.8 Å². The number of hydrogen-bond donors (Lipinski definition) is 1. The Morgan fingerprint density at radius 3 is 2.76 bits per heavy atom. The molecule has 2 N–H and O–H groups in total. The number of aromatic nitrogens is 2. The van der Waals surface area contributed by atoms with E-state index < -0.39 is 0 Å². The Bertz CT molecular complexity index is 588. The highest BCUT2D eigenvalue weighted by Crippen LogP contribution is 2.28. The standard InChI is InChI=1S/C15H18ClN3O.ClH/c16-12-7-3-2-6-11(12)15-18-14(20-19-15)9-10-5-1-4-8-13(10)17;/h2-3,6-7,10,13H,1,4-5,8-9,17H2;1H. The topological polar surface area (TPSA) is 64.9 Å². The summed E-state index contributed by atoms with van der Waals surface area (Å²) in [4.78, 5) is 4.45. The Kier molecular flexibility index (Phi) is 5.62. The lowest BCUT2D eigenvalue weighted by Crippen LogP contribution is -2.34. The molecular weight excluding hydrogens is 309 g/mol. The molecule has 0 aliphatic heterocycles. The molecule has 1 heterocycles. The fourth-order valence-corrected chi connectivity index (χ4v) is 3.02. The molecule has 1 aliphatic rings. The van der Waals surface area contributed by atoms with Gasteiger partial charge in [0.1, 0.15) is 0 Å². The Morgan fingerprint density at radius 2 is 2.00 bits per heavy atom. The Labute approximate surface area is 135 Å². The van der Waals surface area contributed by atoms with Gasteiger partial charge in [0, 0.05) is 18.0 Å². The summed E-state index contributed by atoms with van der Waals surface area (Å²) in [6, 6.07) is 7.76. The molecule has 1 saturated carbocycles. The van der Waals surface area contributed by atoms with E-state index in [2.05, 4.69) is 10.1 Å². The van der Waals surface area contributed by atoms with E-state index in [0.717, 1.165) is 24.8 Å². The largest absolute Gasteiger partial charge is 0.339 e. The van der Waals surface area contributed by atoms with Crippen LogP contribution in [0.25, 0.3) is 11.4 Å². The summed E-state index contributed by atoms with van der Waals surface area (Å²) in [6.45, 7) is 0. The van der Waals surface area contributed by atoms with E-state index in [1.165, 1.54) is 12.8 Å². The summed E-state index contributed by atoms with van der Waals surface area (Å²) < 4.78 is 5.35. The van der Waals surface area contributed by atoms with Crippen molar-refractivity contribution < 1.29 is 4.52 Å². The molecule has 21 heavy (non-hydrogen) atoms. The summed E-state index contributed by atoms with van der Waals surface area (Å²) in [5.74, 6) is 1.65. The van der Waals surface area contributed by atoms with Gasteiger partial charge in [-0.2, -0.15) is 4.98 Å². The molecule has 1 fully saturated rings. The fourth-order valence-electron chi connectivity index (χ4n) is 2.80. The van der Waals surface area contributed by atoms with E-state index in [-0.39, 0.29) is 18.4 Å². The molecule has 114 valence electrons. The van der Waals surface area contributed by atoms with E-state index in [1.807, 2.05) is 24.3 Å². The van der Waals surface area contributed by atoms with Gasteiger partial charge < -0.3 is 10.3 Å². The van der Waals surface area contributed by atoms with Gasteiger partial charge in [-0.05, 0) is 30.9 Å². The Hall–Kier alpha value is -1.10. The minimum Gasteiger partial charge on any atom is -0.339 e. The van der Waals surface area contributed by atoms with Gasteiger partial charge in [0.05, 0.1) is 5.02 Å². The zero-order valence-electron chi connectivity index (χ0n) is 11.7. The first-order chi connectivity index (χ1) is 9.74. The van der Waals surface area contributed by atoms with Gasteiger partial charge in [-0.1, -0.05) is 41.7 Å². The number of halogens is 2. The second kappa shape index (κ2) is 7.25. The molecule has 3 rings (SSSR count). The average Bonchev–Trinajstić information content (AvgIpc) is 2.90. The first kappa shape index (κ1) is 16.3. The fraction of sp³-hybridized carbons (Fsp3) is 0.467. The molecule has 0 bridgehead atoms. The highest BCUT2D eigenvalue weighted by molar-refractivity contribution is 6.33. The van der Waals surface area contributed by atoms with Gasteiger partial charge >= 0.3 is 0 Å². The first-order valence-corrected chi connectivity index (χ1v) is 7.45. The third kappa shape index (κ3) is 3.76. The molecule has 2 atom stereocenters. The van der Waals surface area contributed by atoms with Crippen molar-refractivity contribution in [3.63, 3.8) is 0 Å². The van der Waals surface area contributed by atoms with Crippen molar-refractivity contribution in [2.24, 2.45) is 11.7 Å². The van der Waals surface area contributed by atoms with Crippen molar-refractivity contribution in [3.05, 3.63) is 35.2 Å². The molecule has 0 radical (unpaired) electrons. The van der Waals surface area contributed by atoms with E-state index in [0.29, 0.717) is 22.7 Å². The maximum atomic E-state index is 6.16. The molecule has 2 unspecified atom stereocenters. The average molecular weight is 328 g/mol. The maximum Gasteiger partial charge on any atom is 0.227 e. The minimum atomic E-state index is 0. The zero-order chi connectivity index (χ0) is 13.9. The number of benzene rings is 1. The van der Waals surface area contributed by atoms with Crippen LogP contribution in [0.4, 0.5) is 0 Å². The molecule has 0 amide bonds. The molecule has 1 aliphatic carbocycles. The van der Waals surface area contributed by atoms with Gasteiger partial charge in [0.25, 0.3) is 0 Å². The first-order valence-electron chi connectivity index (χ1n) is 7.07. The van der Waals surface area contributed by atoms with Crippen LogP contribution >= 0.6 is 24.0 Å². The number of rotatable bonds is 3. The normalized spacial score (nSPS) is 21.8. The van der Waals surface area contributed by atoms with Gasteiger partial charge in [0.2, 0.25) is 11.7 Å². The molecule has 0 spiro atoms. The van der Waals surface area contributed by atoms with Crippen LogP contribution in [0.5, 0.6) is 0 Å². The van der Waals surface area contributed by atoms with Crippen LogP contribution in [0.3, 0.4) is 0 Å². The summed E-state index contributed by atoms with van der Waals surface area (Å²) in [5, 5.41) is 4.66. The predicted molar refractivity (Wildman–Crippen MR) is 85.6 cm³/mol. The van der Waals surface area contributed by atoms with Crippen molar-refractivity contribution in [3.8, 4) is 11.4 Å². The van der Waals surface area contributed by atoms with Gasteiger partial charge in [-0.3, -0.25) is 0 Å². The SMILES string of the molecule is Cl.NC1CCCCC1Cc1nc(-c2ccccc2Cl)no1. The van der Waals surface area contributed by atoms with Crippen molar-refractivity contribution in [2.75, 3.05) is 0 Å². The zero-order valence-corrected chi connectivity index (χ0v) is 13.2. The van der Waals surface area contributed by atoms with Gasteiger partial charge in [-0.25, -0.2) is 0 Å². The lowest BCUT2D eigenvalue weighted by atomic mass is 9.83. The molecule has 6 heteroatoms. The Balaban J connectivity index is 0.00000161. The summed E-state index contributed by atoms with van der Waals surface area (Å²) >= 11 is 6.14. The third-order valence-electron chi connectivity index (χ3n) is 3.99. The third-order valence-corrected chi connectivity index (χ3v) is 4.32. The smallest absolute Gasteiger partial charge is 0.227 e. The van der Waals surface area contributed by atoms with Crippen LogP contribution < -0.4 is 5.73 Å². The second-order valence-electron chi connectivity index (χ2n) is 5.40. The molecule has 1 aromatic carbocycles. The Morgan fingerprint density at radius 1 is 1.24 bits per heavy atom. The van der Waals surface area contributed by atoms with E-state index in [1.54, 1.807) is 0 Å². The second-order valence-corrected chi connectivity index (χ2v) is 5.81. The van der Waals surface area contributed by atoms with Crippen molar-refractivity contribution in [1.82, 2.24) is 10.1 Å². The minimum absolute atomic E-state index is 0. The summed E-state index contributed by atoms with van der Waals surface area (Å²) in [6.07, 6.45) is 5.47. The van der Waals surface area contributed by atoms with E-state index in [4.69, 9.17) is 21.9 Å². The van der Waals surface area contributed by atoms with Crippen LogP contribution in [-0.2, 0) is 6.42 Å². The van der Waals surface area contributed by atoms with E-state index in [9.17, 15) is 0 Å². The van der Waals surface area contributed by atoms with Gasteiger partial charge in [0.15, 0.2) is 0 Å². The molecule has 4 nitrogen and oxygen atoms in total. The predicted octanol–water partition coefficient (Wildman–Crippen LogP) is 3.87. The maximum absolute atomic E-state index is 6.16. The highest BCUT2D eigenvalue weighted by Gasteiger charge is 2.24. The number of nitrogens with two attached hydrogens (primary N) is 1. The lowest BCUT2D eigenvalue weighted by Gasteiger charge is -2.27. The summed E-state index contributed by atoms with van der Waals surface area (Å²) in [7, 11) is 0. The quantitative estimate of drug-likeness (QED) is 0.929. The van der Waals surface area contributed by atoms with Crippen LogP contribution in [0.1, 0.15) is 31.6 Å². The lowest BCUT2D eigenvalue weighted by molar-refractivity contribution is 0.273. The molecular formula is C15H19Cl2N3O.